The number of rotatable bonds is 7. The van der Waals surface area contributed by atoms with Gasteiger partial charge in [0.25, 0.3) is 0 Å². The molecule has 1 N–H and O–H groups in total. The third kappa shape index (κ3) is 5.40. The van der Waals surface area contributed by atoms with E-state index in [2.05, 4.69) is 17.1 Å². The van der Waals surface area contributed by atoms with E-state index < -0.39 is 10.0 Å². The summed E-state index contributed by atoms with van der Waals surface area (Å²) in [4.78, 5) is 12.2. The molecule has 1 aliphatic rings. The van der Waals surface area contributed by atoms with Crippen LogP contribution in [-0.2, 0) is 10.0 Å². The normalized spacial score (nSPS) is 16.0. The summed E-state index contributed by atoms with van der Waals surface area (Å²) in [5, 5.41) is 4.86. The monoisotopic (exact) mass is 537 g/mol. The van der Waals surface area contributed by atoms with Crippen LogP contribution in [0.5, 0.6) is 5.75 Å². The van der Waals surface area contributed by atoms with Crippen molar-refractivity contribution in [1.29, 1.82) is 0 Å². The molecule has 192 valence electrons. The summed E-state index contributed by atoms with van der Waals surface area (Å²) in [5.74, 6) is 2.19. The van der Waals surface area contributed by atoms with E-state index in [4.69, 9.17) is 26.3 Å². The molecule has 0 saturated carbocycles. The lowest BCUT2D eigenvalue weighted by Crippen LogP contribution is -2.49. The highest BCUT2D eigenvalue weighted by molar-refractivity contribution is 7.89. The van der Waals surface area contributed by atoms with E-state index in [1.54, 1.807) is 31.4 Å². The van der Waals surface area contributed by atoms with Crippen molar-refractivity contribution in [2.24, 2.45) is 0 Å². The Balaban J connectivity index is 1.35. The van der Waals surface area contributed by atoms with Crippen molar-refractivity contribution in [3.05, 3.63) is 83.6 Å². The first-order valence-electron chi connectivity index (χ1n) is 12.0. The fraction of sp³-hybridized carbons (Fsp3) is 0.259. The number of hydrogen-bond donors (Lipinski definition) is 1. The van der Waals surface area contributed by atoms with E-state index in [0.29, 0.717) is 37.0 Å². The summed E-state index contributed by atoms with van der Waals surface area (Å²) < 4.78 is 32.9. The zero-order chi connectivity index (χ0) is 26.0. The molecule has 10 heteroatoms. The quantitative estimate of drug-likeness (QED) is 0.351. The van der Waals surface area contributed by atoms with Crippen LogP contribution in [0.3, 0.4) is 0 Å². The first-order valence-corrected chi connectivity index (χ1v) is 13.8. The van der Waals surface area contributed by atoms with Crippen molar-refractivity contribution in [3.8, 4) is 5.75 Å². The molecule has 0 unspecified atom stereocenters. The molecule has 1 atom stereocenters. The van der Waals surface area contributed by atoms with Gasteiger partial charge >= 0.3 is 0 Å². The molecular formula is C27H28ClN5O3S. The minimum absolute atomic E-state index is 0.0959. The van der Waals surface area contributed by atoms with E-state index in [9.17, 15) is 8.42 Å². The molecule has 2 heterocycles. The molecule has 1 aromatic heterocycles. The van der Waals surface area contributed by atoms with Gasteiger partial charge in [0.05, 0.1) is 23.6 Å². The van der Waals surface area contributed by atoms with Crippen LogP contribution in [0.2, 0.25) is 5.02 Å². The van der Waals surface area contributed by atoms with Crippen molar-refractivity contribution < 1.29 is 13.2 Å². The second-order valence-electron chi connectivity index (χ2n) is 8.87. The molecule has 0 amide bonds. The highest BCUT2D eigenvalue weighted by Gasteiger charge is 2.31. The predicted molar refractivity (Wildman–Crippen MR) is 146 cm³/mol. The van der Waals surface area contributed by atoms with Crippen LogP contribution < -0.4 is 10.1 Å². The summed E-state index contributed by atoms with van der Waals surface area (Å²) in [6.45, 7) is 3.99. The number of sulfonamides is 1. The number of hydrogen-bond acceptors (Lipinski definition) is 7. The lowest BCUT2D eigenvalue weighted by Gasteiger charge is -2.36. The molecule has 4 aromatic rings. The van der Waals surface area contributed by atoms with Crippen molar-refractivity contribution in [3.63, 3.8) is 0 Å². The van der Waals surface area contributed by atoms with Gasteiger partial charge in [-0.2, -0.15) is 4.31 Å². The number of anilines is 2. The van der Waals surface area contributed by atoms with Gasteiger partial charge in [-0.1, -0.05) is 23.7 Å². The lowest BCUT2D eigenvalue weighted by molar-refractivity contribution is 0.141. The number of para-hydroxylation sites is 1. The number of ether oxygens (including phenoxy) is 1. The Morgan fingerprint density at radius 2 is 1.59 bits per heavy atom. The number of piperazine rings is 1. The molecule has 0 aliphatic carbocycles. The van der Waals surface area contributed by atoms with E-state index in [0.717, 1.165) is 28.2 Å². The number of nitrogens with zero attached hydrogens (tertiary/aromatic N) is 4. The predicted octanol–water partition coefficient (Wildman–Crippen LogP) is 5.10. The molecule has 0 bridgehead atoms. The minimum atomic E-state index is -3.57. The van der Waals surface area contributed by atoms with E-state index in [-0.39, 0.29) is 10.9 Å². The van der Waals surface area contributed by atoms with Crippen LogP contribution in [0, 0.1) is 0 Å². The van der Waals surface area contributed by atoms with Crippen LogP contribution in [0.4, 0.5) is 11.5 Å². The number of benzene rings is 3. The van der Waals surface area contributed by atoms with Crippen LogP contribution in [-0.4, -0.2) is 60.9 Å². The Kier molecular flexibility index (Phi) is 7.30. The van der Waals surface area contributed by atoms with Gasteiger partial charge in [0.15, 0.2) is 0 Å². The number of aromatic nitrogens is 2. The summed E-state index contributed by atoms with van der Waals surface area (Å²) in [7, 11) is -1.93. The van der Waals surface area contributed by atoms with Crippen molar-refractivity contribution in [2.75, 3.05) is 38.6 Å². The molecule has 8 nitrogen and oxygen atoms in total. The first kappa shape index (κ1) is 25.4. The zero-order valence-electron chi connectivity index (χ0n) is 20.6. The highest BCUT2D eigenvalue weighted by atomic mass is 35.5. The molecule has 1 aliphatic heterocycles. The fourth-order valence-electron chi connectivity index (χ4n) is 4.44. The first-order chi connectivity index (χ1) is 17.8. The van der Waals surface area contributed by atoms with Gasteiger partial charge in [0.2, 0.25) is 10.0 Å². The van der Waals surface area contributed by atoms with Gasteiger partial charge in [-0.3, -0.25) is 4.90 Å². The maximum absolute atomic E-state index is 13.1. The smallest absolute Gasteiger partial charge is 0.243 e. The van der Waals surface area contributed by atoms with Crippen LogP contribution in [0.15, 0.2) is 77.7 Å². The van der Waals surface area contributed by atoms with E-state index in [1.165, 1.54) is 4.31 Å². The number of fused-ring (bicyclic) bond motifs is 1. The van der Waals surface area contributed by atoms with Gasteiger partial charge in [0.1, 0.15) is 17.4 Å². The Morgan fingerprint density at radius 3 is 2.27 bits per heavy atom. The maximum Gasteiger partial charge on any atom is 0.243 e. The molecule has 0 radical (unpaired) electrons. The molecule has 0 spiro atoms. The van der Waals surface area contributed by atoms with Gasteiger partial charge in [-0.25, -0.2) is 18.4 Å². The minimum Gasteiger partial charge on any atom is -0.497 e. The zero-order valence-corrected chi connectivity index (χ0v) is 22.2. The van der Waals surface area contributed by atoms with Gasteiger partial charge in [0, 0.05) is 42.3 Å². The Morgan fingerprint density at radius 1 is 0.919 bits per heavy atom. The van der Waals surface area contributed by atoms with E-state index >= 15 is 0 Å². The van der Waals surface area contributed by atoms with Gasteiger partial charge in [-0.15, -0.1) is 0 Å². The number of halogens is 1. The maximum atomic E-state index is 13.1. The number of nitrogens with one attached hydrogen (secondary N) is 1. The number of methoxy groups -OCH3 is 1. The van der Waals surface area contributed by atoms with E-state index in [1.807, 2.05) is 48.5 Å². The highest BCUT2D eigenvalue weighted by Crippen LogP contribution is 2.29. The average molecular weight is 538 g/mol. The Hall–Kier alpha value is -3.24. The SMILES string of the molecule is COc1ccc(Nc2nc([C@H](C)N3CCN(S(=O)(=O)c4ccc(Cl)cc4)CC3)nc3ccccc23)cc1. The van der Waals surface area contributed by atoms with Crippen molar-refractivity contribution >= 4 is 44.0 Å². The summed E-state index contributed by atoms with van der Waals surface area (Å²) in [6, 6.07) is 21.8. The van der Waals surface area contributed by atoms with Gasteiger partial charge < -0.3 is 10.1 Å². The third-order valence-electron chi connectivity index (χ3n) is 6.62. The van der Waals surface area contributed by atoms with Crippen molar-refractivity contribution in [1.82, 2.24) is 19.2 Å². The molecule has 1 fully saturated rings. The summed E-state index contributed by atoms with van der Waals surface area (Å²) >= 11 is 5.93. The molecule has 37 heavy (non-hydrogen) atoms. The molecule has 5 rings (SSSR count). The molecule has 3 aromatic carbocycles. The summed E-state index contributed by atoms with van der Waals surface area (Å²) in [6.07, 6.45) is 0. The third-order valence-corrected chi connectivity index (χ3v) is 8.78. The van der Waals surface area contributed by atoms with Gasteiger partial charge in [-0.05, 0) is 67.6 Å². The molecular weight excluding hydrogens is 510 g/mol. The lowest BCUT2D eigenvalue weighted by atomic mass is 10.2. The second-order valence-corrected chi connectivity index (χ2v) is 11.2. The Bertz CT molecular complexity index is 1490. The van der Waals surface area contributed by atoms with Crippen LogP contribution in [0.25, 0.3) is 10.9 Å². The fourth-order valence-corrected chi connectivity index (χ4v) is 5.99. The standard InChI is InChI=1S/C27H28ClN5O3S/c1-19(32-15-17-33(18-16-32)37(34,35)23-13-7-20(28)8-14-23)26-30-25-6-4-3-5-24(25)27(31-26)29-21-9-11-22(36-2)12-10-21/h3-14,19H,15-18H2,1-2H3,(H,29,30,31)/t19-/m0/s1. The second kappa shape index (κ2) is 10.6. The average Bonchev–Trinajstić information content (AvgIpc) is 2.93. The van der Waals surface area contributed by atoms with Crippen LogP contribution in [0.1, 0.15) is 18.8 Å². The summed E-state index contributed by atoms with van der Waals surface area (Å²) in [5.41, 5.74) is 1.74. The van der Waals surface area contributed by atoms with Crippen molar-refractivity contribution in [2.45, 2.75) is 17.9 Å². The van der Waals surface area contributed by atoms with Crippen LogP contribution >= 0.6 is 11.6 Å². The Labute approximate surface area is 221 Å². The topological polar surface area (TPSA) is 87.7 Å². The molecule has 1 saturated heterocycles. The largest absolute Gasteiger partial charge is 0.497 e.